The van der Waals surface area contributed by atoms with Crippen LogP contribution in [0.5, 0.6) is 5.75 Å². The maximum atomic E-state index is 12.4. The third-order valence-electron chi connectivity index (χ3n) is 5.48. The van der Waals surface area contributed by atoms with E-state index in [-0.39, 0.29) is 5.91 Å². The number of nitrogens with zero attached hydrogens (tertiary/aromatic N) is 3. The number of carbonyl (C=O) groups is 1. The van der Waals surface area contributed by atoms with Crippen molar-refractivity contribution in [2.45, 2.75) is 0 Å². The molecule has 1 aliphatic heterocycles. The molecular formula is C25H24N4O2. The first kappa shape index (κ1) is 20.3. The molecule has 0 bridgehead atoms. The van der Waals surface area contributed by atoms with Crippen LogP contribution in [0.1, 0.15) is 15.9 Å². The van der Waals surface area contributed by atoms with Gasteiger partial charge in [-0.3, -0.25) is 4.79 Å². The lowest BCUT2D eigenvalue weighted by Gasteiger charge is -2.37. The Hall–Kier alpha value is -3.98. The Kier molecular flexibility index (Phi) is 6.04. The Morgan fingerprint density at radius 2 is 1.35 bits per heavy atom. The molecule has 156 valence electrons. The maximum Gasteiger partial charge on any atom is 0.255 e. The van der Waals surface area contributed by atoms with Gasteiger partial charge < -0.3 is 19.9 Å². The molecule has 0 aromatic heterocycles. The summed E-state index contributed by atoms with van der Waals surface area (Å²) in [6.45, 7) is 3.67. The first-order valence-corrected chi connectivity index (χ1v) is 10.2. The Bertz CT molecular complexity index is 1060. The van der Waals surface area contributed by atoms with Gasteiger partial charge in [-0.2, -0.15) is 5.26 Å². The van der Waals surface area contributed by atoms with Gasteiger partial charge in [0.05, 0.1) is 18.7 Å². The van der Waals surface area contributed by atoms with Crippen LogP contribution in [-0.2, 0) is 0 Å². The highest BCUT2D eigenvalue weighted by molar-refractivity contribution is 6.04. The molecule has 3 aromatic rings. The second-order valence-corrected chi connectivity index (χ2v) is 7.36. The molecule has 6 nitrogen and oxygen atoms in total. The van der Waals surface area contributed by atoms with E-state index in [2.05, 4.69) is 21.2 Å². The molecule has 1 heterocycles. The summed E-state index contributed by atoms with van der Waals surface area (Å²) in [5.41, 5.74) is 4.32. The predicted molar refractivity (Wildman–Crippen MR) is 123 cm³/mol. The van der Waals surface area contributed by atoms with Crippen molar-refractivity contribution in [2.75, 3.05) is 48.4 Å². The van der Waals surface area contributed by atoms with Crippen LogP contribution in [-0.4, -0.2) is 39.2 Å². The van der Waals surface area contributed by atoms with Gasteiger partial charge in [0.25, 0.3) is 5.91 Å². The van der Waals surface area contributed by atoms with Crippen molar-refractivity contribution in [1.82, 2.24) is 0 Å². The van der Waals surface area contributed by atoms with Gasteiger partial charge in [-0.05, 0) is 72.8 Å². The van der Waals surface area contributed by atoms with E-state index in [1.54, 1.807) is 31.4 Å². The number of nitriles is 1. The van der Waals surface area contributed by atoms with Crippen molar-refractivity contribution in [1.29, 1.82) is 5.26 Å². The minimum absolute atomic E-state index is 0.147. The lowest BCUT2D eigenvalue weighted by Crippen LogP contribution is -2.46. The van der Waals surface area contributed by atoms with Crippen LogP contribution in [0.4, 0.5) is 17.1 Å². The van der Waals surface area contributed by atoms with Crippen molar-refractivity contribution in [2.24, 2.45) is 0 Å². The molecule has 0 atom stereocenters. The Balaban J connectivity index is 1.33. The zero-order chi connectivity index (χ0) is 21.6. The van der Waals surface area contributed by atoms with E-state index in [1.807, 2.05) is 48.5 Å². The monoisotopic (exact) mass is 412 g/mol. The van der Waals surface area contributed by atoms with Crippen LogP contribution in [0.3, 0.4) is 0 Å². The van der Waals surface area contributed by atoms with Gasteiger partial charge in [0.2, 0.25) is 0 Å². The van der Waals surface area contributed by atoms with E-state index in [4.69, 9.17) is 10.00 Å². The van der Waals surface area contributed by atoms with Crippen LogP contribution in [0.2, 0.25) is 0 Å². The molecule has 1 amide bonds. The van der Waals surface area contributed by atoms with Gasteiger partial charge >= 0.3 is 0 Å². The van der Waals surface area contributed by atoms with Crippen LogP contribution >= 0.6 is 0 Å². The molecule has 0 unspecified atom stereocenters. The van der Waals surface area contributed by atoms with Crippen molar-refractivity contribution in [3.05, 3.63) is 83.9 Å². The van der Waals surface area contributed by atoms with Crippen LogP contribution < -0.4 is 19.9 Å². The van der Waals surface area contributed by atoms with E-state index in [0.29, 0.717) is 11.1 Å². The number of nitrogens with one attached hydrogen (secondary N) is 1. The average molecular weight is 412 g/mol. The molecule has 0 aliphatic carbocycles. The highest BCUT2D eigenvalue weighted by atomic mass is 16.5. The summed E-state index contributed by atoms with van der Waals surface area (Å²) in [5, 5.41) is 11.9. The fourth-order valence-corrected chi connectivity index (χ4v) is 3.67. The topological polar surface area (TPSA) is 68.6 Å². The van der Waals surface area contributed by atoms with Crippen LogP contribution in [0, 0.1) is 11.3 Å². The summed E-state index contributed by atoms with van der Waals surface area (Å²) in [6, 6.07) is 24.9. The van der Waals surface area contributed by atoms with Crippen molar-refractivity contribution in [3.8, 4) is 11.8 Å². The molecule has 0 saturated carbocycles. The second kappa shape index (κ2) is 9.23. The van der Waals surface area contributed by atoms with Crippen molar-refractivity contribution in [3.63, 3.8) is 0 Å². The summed E-state index contributed by atoms with van der Waals surface area (Å²) in [6.07, 6.45) is 0. The van der Waals surface area contributed by atoms with Crippen LogP contribution in [0.15, 0.2) is 72.8 Å². The third-order valence-corrected chi connectivity index (χ3v) is 5.48. The number of hydrogen-bond donors (Lipinski definition) is 1. The second-order valence-electron chi connectivity index (χ2n) is 7.36. The summed E-state index contributed by atoms with van der Waals surface area (Å²) < 4.78 is 5.13. The number of methoxy groups -OCH3 is 1. The molecule has 31 heavy (non-hydrogen) atoms. The van der Waals surface area contributed by atoms with Gasteiger partial charge in [-0.15, -0.1) is 0 Å². The lowest BCUT2D eigenvalue weighted by molar-refractivity contribution is 0.102. The highest BCUT2D eigenvalue weighted by Gasteiger charge is 2.17. The molecule has 6 heteroatoms. The number of carbonyl (C=O) groups excluding carboxylic acids is 1. The Morgan fingerprint density at radius 3 is 1.84 bits per heavy atom. The van der Waals surface area contributed by atoms with Crippen LogP contribution in [0.25, 0.3) is 0 Å². The number of amides is 1. The molecule has 3 aromatic carbocycles. The number of ether oxygens (including phenoxy) is 1. The minimum atomic E-state index is -0.147. The molecule has 1 N–H and O–H groups in total. The summed E-state index contributed by atoms with van der Waals surface area (Å²) >= 11 is 0. The quantitative estimate of drug-likeness (QED) is 0.682. The van der Waals surface area contributed by atoms with Gasteiger partial charge in [0.15, 0.2) is 0 Å². The van der Waals surface area contributed by atoms with Crippen molar-refractivity contribution < 1.29 is 9.53 Å². The number of anilines is 3. The largest absolute Gasteiger partial charge is 0.497 e. The normalized spacial score (nSPS) is 13.4. The van der Waals surface area contributed by atoms with Gasteiger partial charge in [0.1, 0.15) is 5.75 Å². The van der Waals surface area contributed by atoms with E-state index < -0.39 is 0 Å². The number of hydrogen-bond acceptors (Lipinski definition) is 5. The standard InChI is InChI=1S/C25H24N4O2/c1-31-24-12-4-20(5-13-24)25(30)27-21-6-10-23(11-7-21)29-16-14-28(15-17-29)22-8-2-19(18-26)3-9-22/h2-13H,14-17H2,1H3,(H,27,30). The third kappa shape index (κ3) is 4.78. The zero-order valence-corrected chi connectivity index (χ0v) is 17.4. The summed E-state index contributed by atoms with van der Waals surface area (Å²) in [5.74, 6) is 0.576. The summed E-state index contributed by atoms with van der Waals surface area (Å²) in [4.78, 5) is 17.1. The van der Waals surface area contributed by atoms with Gasteiger partial charge in [-0.1, -0.05) is 0 Å². The number of piperazine rings is 1. The SMILES string of the molecule is COc1ccc(C(=O)Nc2ccc(N3CCN(c4ccc(C#N)cc4)CC3)cc2)cc1. The van der Waals surface area contributed by atoms with E-state index in [0.717, 1.165) is 49.0 Å². The smallest absolute Gasteiger partial charge is 0.255 e. The molecule has 1 aliphatic rings. The van der Waals surface area contributed by atoms with E-state index in [1.165, 1.54) is 0 Å². The minimum Gasteiger partial charge on any atom is -0.497 e. The molecule has 4 rings (SSSR count). The maximum absolute atomic E-state index is 12.4. The predicted octanol–water partition coefficient (Wildman–Crippen LogP) is 4.15. The van der Waals surface area contributed by atoms with Crippen molar-refractivity contribution >= 4 is 23.0 Å². The highest BCUT2D eigenvalue weighted by Crippen LogP contribution is 2.23. The Morgan fingerprint density at radius 1 is 0.839 bits per heavy atom. The molecule has 0 radical (unpaired) electrons. The average Bonchev–Trinajstić information content (AvgIpc) is 2.85. The zero-order valence-electron chi connectivity index (χ0n) is 17.4. The number of rotatable bonds is 5. The molecule has 1 fully saturated rings. The summed E-state index contributed by atoms with van der Waals surface area (Å²) in [7, 11) is 1.60. The molecule has 0 spiro atoms. The molecular weight excluding hydrogens is 388 g/mol. The van der Waals surface area contributed by atoms with Gasteiger partial charge in [-0.25, -0.2) is 0 Å². The first-order valence-electron chi connectivity index (χ1n) is 10.2. The van der Waals surface area contributed by atoms with E-state index in [9.17, 15) is 4.79 Å². The fraction of sp³-hybridized carbons (Fsp3) is 0.200. The van der Waals surface area contributed by atoms with E-state index >= 15 is 0 Å². The lowest BCUT2D eigenvalue weighted by atomic mass is 10.1. The fourth-order valence-electron chi connectivity index (χ4n) is 3.67. The molecule has 1 saturated heterocycles. The number of benzene rings is 3. The van der Waals surface area contributed by atoms with Gasteiger partial charge in [0, 0.05) is 48.8 Å². The Labute approximate surface area is 182 Å². The first-order chi connectivity index (χ1) is 15.2.